The maximum atomic E-state index is 5.37. The van der Waals surface area contributed by atoms with Crippen molar-refractivity contribution in [1.82, 2.24) is 5.32 Å². The second kappa shape index (κ2) is 2.92. The van der Waals surface area contributed by atoms with Crippen LogP contribution in [0.4, 0.5) is 0 Å². The zero-order valence-electron chi connectivity index (χ0n) is 4.66. The molecule has 0 aliphatic rings. The maximum absolute atomic E-state index is 5.37. The van der Waals surface area contributed by atoms with Gasteiger partial charge < -0.3 is 5.32 Å². The van der Waals surface area contributed by atoms with Crippen molar-refractivity contribution in [2.45, 2.75) is 19.9 Å². The smallest absolute Gasteiger partial charge is 0.0946 e. The van der Waals surface area contributed by atoms with Crippen molar-refractivity contribution < 1.29 is 0 Å². The van der Waals surface area contributed by atoms with Crippen LogP contribution in [0.5, 0.6) is 0 Å². The molecule has 0 unspecified atom stereocenters. The van der Waals surface area contributed by atoms with E-state index in [0.717, 1.165) is 0 Å². The molecule has 0 saturated carbocycles. The number of hydrogen-bond donors (Lipinski definition) is 1. The third kappa shape index (κ3) is 5.83. The van der Waals surface area contributed by atoms with Crippen LogP contribution in [0, 0.1) is 0 Å². The summed E-state index contributed by atoms with van der Waals surface area (Å²) in [4.78, 5) is 0. The molecule has 0 atom stereocenters. The molecule has 0 rings (SSSR count). The van der Waals surface area contributed by atoms with E-state index < -0.39 is 0 Å². The molecule has 2 heteroatoms. The van der Waals surface area contributed by atoms with Crippen LogP contribution in [0.1, 0.15) is 13.8 Å². The fourth-order valence-corrected chi connectivity index (χ4v) is 0.531. The topological polar surface area (TPSA) is 12.0 Å². The average Bonchev–Trinajstić information content (AvgIpc) is 1.27. The second-order valence-corrected chi connectivity index (χ2v) is 2.16. The highest BCUT2D eigenvalue weighted by atomic mass is 35.5. The summed E-state index contributed by atoms with van der Waals surface area (Å²) in [7, 11) is 0. The number of rotatable bonds is 2. The van der Waals surface area contributed by atoms with Crippen molar-refractivity contribution in [3.63, 3.8) is 0 Å². The lowest BCUT2D eigenvalue weighted by Crippen LogP contribution is -2.18. The van der Waals surface area contributed by atoms with Gasteiger partial charge in [-0.2, -0.15) is 0 Å². The minimum atomic E-state index is 0.394. The van der Waals surface area contributed by atoms with E-state index in [9.17, 15) is 0 Å². The summed E-state index contributed by atoms with van der Waals surface area (Å²) < 4.78 is 0. The maximum Gasteiger partial charge on any atom is 0.0946 e. The molecule has 0 saturated heterocycles. The van der Waals surface area contributed by atoms with Crippen LogP contribution in [-0.4, -0.2) is 6.04 Å². The Balaban J connectivity index is 3.13. The lowest BCUT2D eigenvalue weighted by Gasteiger charge is -2.04. The summed E-state index contributed by atoms with van der Waals surface area (Å²) in [5.74, 6) is 0. The van der Waals surface area contributed by atoms with E-state index in [4.69, 9.17) is 11.6 Å². The summed E-state index contributed by atoms with van der Waals surface area (Å²) in [5, 5.41) is 3.39. The van der Waals surface area contributed by atoms with Gasteiger partial charge in [0.05, 0.1) is 5.16 Å². The van der Waals surface area contributed by atoms with Crippen LogP contribution >= 0.6 is 11.6 Å². The van der Waals surface area contributed by atoms with Gasteiger partial charge in [-0.1, -0.05) is 18.2 Å². The first kappa shape index (κ1) is 6.83. The predicted molar refractivity (Wildman–Crippen MR) is 33.3 cm³/mol. The molecule has 42 valence electrons. The third-order valence-corrected chi connectivity index (χ3v) is 0.554. The quantitative estimate of drug-likeness (QED) is 0.546. The van der Waals surface area contributed by atoms with Crippen molar-refractivity contribution in [1.29, 1.82) is 0 Å². The molecular formula is C5H10ClN. The first-order valence-corrected chi connectivity index (χ1v) is 2.61. The molecule has 0 radical (unpaired) electrons. The van der Waals surface area contributed by atoms with E-state index in [2.05, 4.69) is 11.9 Å². The van der Waals surface area contributed by atoms with Gasteiger partial charge in [0.15, 0.2) is 0 Å². The fourth-order valence-electron chi connectivity index (χ4n) is 0.313. The Morgan fingerprint density at radius 1 is 1.71 bits per heavy atom. The Morgan fingerprint density at radius 3 is 2.14 bits per heavy atom. The average molecular weight is 120 g/mol. The summed E-state index contributed by atoms with van der Waals surface area (Å²) in [6.07, 6.45) is 0. The highest BCUT2D eigenvalue weighted by molar-refractivity contribution is 6.28. The number of halogens is 1. The van der Waals surface area contributed by atoms with Crippen LogP contribution in [0.15, 0.2) is 11.7 Å². The SMILES string of the molecule is C=C(Cl)NC(C)C. The molecule has 1 nitrogen and oxygen atoms in total. The monoisotopic (exact) mass is 119 g/mol. The van der Waals surface area contributed by atoms with Gasteiger partial charge in [0.1, 0.15) is 0 Å². The Morgan fingerprint density at radius 2 is 2.14 bits per heavy atom. The number of hydrogen-bond acceptors (Lipinski definition) is 1. The van der Waals surface area contributed by atoms with E-state index in [-0.39, 0.29) is 0 Å². The van der Waals surface area contributed by atoms with E-state index in [1.54, 1.807) is 0 Å². The minimum absolute atomic E-state index is 0.394. The molecule has 0 spiro atoms. The van der Waals surface area contributed by atoms with Crippen molar-refractivity contribution in [3.05, 3.63) is 11.7 Å². The molecule has 1 N–H and O–H groups in total. The zero-order valence-corrected chi connectivity index (χ0v) is 5.42. The lowest BCUT2D eigenvalue weighted by molar-refractivity contribution is 0.694. The van der Waals surface area contributed by atoms with Gasteiger partial charge in [-0.15, -0.1) is 0 Å². The molecule has 0 aromatic rings. The first-order valence-electron chi connectivity index (χ1n) is 2.24. The summed E-state index contributed by atoms with van der Waals surface area (Å²) in [5.41, 5.74) is 0. The summed E-state index contributed by atoms with van der Waals surface area (Å²) in [6.45, 7) is 7.46. The van der Waals surface area contributed by atoms with Crippen LogP contribution in [0.2, 0.25) is 0 Å². The van der Waals surface area contributed by atoms with Gasteiger partial charge in [-0.25, -0.2) is 0 Å². The van der Waals surface area contributed by atoms with Gasteiger partial charge in [-0.05, 0) is 13.8 Å². The van der Waals surface area contributed by atoms with E-state index in [0.29, 0.717) is 11.2 Å². The van der Waals surface area contributed by atoms with Gasteiger partial charge in [-0.3, -0.25) is 0 Å². The van der Waals surface area contributed by atoms with E-state index >= 15 is 0 Å². The first-order chi connectivity index (χ1) is 3.13. The Kier molecular flexibility index (Phi) is 2.84. The number of nitrogens with one attached hydrogen (secondary N) is 1. The van der Waals surface area contributed by atoms with Crippen LogP contribution in [-0.2, 0) is 0 Å². The van der Waals surface area contributed by atoms with Gasteiger partial charge >= 0.3 is 0 Å². The standard InChI is InChI=1S/C5H10ClN/c1-4(2)7-5(3)6/h4,7H,3H2,1-2H3. The Bertz CT molecular complexity index is 68.5. The van der Waals surface area contributed by atoms with E-state index in [1.165, 1.54) is 0 Å². The molecule has 0 amide bonds. The van der Waals surface area contributed by atoms with Gasteiger partial charge in [0.2, 0.25) is 0 Å². The third-order valence-electron chi connectivity index (χ3n) is 0.445. The highest BCUT2D eigenvalue weighted by Crippen LogP contribution is 1.90. The molecule has 0 aliphatic heterocycles. The highest BCUT2D eigenvalue weighted by Gasteiger charge is 1.87. The Labute approximate surface area is 49.4 Å². The van der Waals surface area contributed by atoms with Crippen LogP contribution in [0.3, 0.4) is 0 Å². The van der Waals surface area contributed by atoms with Crippen LogP contribution < -0.4 is 5.32 Å². The fraction of sp³-hybridized carbons (Fsp3) is 0.600. The van der Waals surface area contributed by atoms with Crippen molar-refractivity contribution in [2.75, 3.05) is 0 Å². The molecular weight excluding hydrogens is 110 g/mol. The molecule has 0 bridgehead atoms. The molecule has 0 aromatic heterocycles. The predicted octanol–water partition coefficient (Wildman–Crippen LogP) is 1.69. The lowest BCUT2D eigenvalue weighted by atomic mass is 10.4. The van der Waals surface area contributed by atoms with Gasteiger partial charge in [0.25, 0.3) is 0 Å². The molecule has 0 aromatic carbocycles. The van der Waals surface area contributed by atoms with Gasteiger partial charge in [0, 0.05) is 6.04 Å². The van der Waals surface area contributed by atoms with Crippen molar-refractivity contribution >= 4 is 11.6 Å². The van der Waals surface area contributed by atoms with E-state index in [1.807, 2.05) is 13.8 Å². The van der Waals surface area contributed by atoms with Crippen molar-refractivity contribution in [2.24, 2.45) is 0 Å². The second-order valence-electron chi connectivity index (χ2n) is 1.70. The molecule has 0 fully saturated rings. The Hall–Kier alpha value is -0.170. The van der Waals surface area contributed by atoms with Crippen molar-refractivity contribution in [3.8, 4) is 0 Å². The summed E-state index contributed by atoms with van der Waals surface area (Å²) >= 11 is 5.37. The largest absolute Gasteiger partial charge is 0.374 e. The van der Waals surface area contributed by atoms with Crippen LogP contribution in [0.25, 0.3) is 0 Å². The summed E-state index contributed by atoms with van der Waals surface area (Å²) in [6, 6.07) is 0.394. The minimum Gasteiger partial charge on any atom is -0.374 e. The normalized spacial score (nSPS) is 9.14. The zero-order chi connectivity index (χ0) is 5.86. The molecule has 7 heavy (non-hydrogen) atoms. The molecule has 0 aliphatic carbocycles. The molecule has 0 heterocycles.